The summed E-state index contributed by atoms with van der Waals surface area (Å²) in [5, 5.41) is 6.94. The largest absolute Gasteiger partial charge is 0.317 e. The smallest absolute Gasteiger partial charge is 0.261 e. The second kappa shape index (κ2) is 20.0. The van der Waals surface area contributed by atoms with Crippen LogP contribution >= 0.6 is 0 Å². The molecule has 276 valence electrons. The summed E-state index contributed by atoms with van der Waals surface area (Å²) in [6.07, 6.45) is 18.2. The van der Waals surface area contributed by atoms with E-state index in [1.165, 1.54) is 86.8 Å². The molecular formula is C45H57N3O4. The van der Waals surface area contributed by atoms with E-state index in [0.29, 0.717) is 35.3 Å². The maximum absolute atomic E-state index is 12.8. The van der Waals surface area contributed by atoms with Crippen molar-refractivity contribution < 1.29 is 19.2 Å². The Hall–Kier alpha value is -4.36. The topological polar surface area (TPSA) is 86.8 Å². The summed E-state index contributed by atoms with van der Waals surface area (Å²) in [6, 6.07) is 22.7. The van der Waals surface area contributed by atoms with E-state index in [1.807, 2.05) is 72.8 Å². The van der Waals surface area contributed by atoms with Crippen LogP contribution < -0.4 is 5.32 Å². The fraction of sp³-hybridized carbons (Fsp3) is 0.467. The molecule has 0 spiro atoms. The molecule has 7 nitrogen and oxygen atoms in total. The molecule has 4 amide bonds. The lowest BCUT2D eigenvalue weighted by atomic mass is 9.94. The standard InChI is InChI=1S/C23H29NO2.C22H28N2O2/c1-2-3-4-5-6-7-8-9-10-17-24-22(25)19-15-11-13-18-14-12-16-20(21(18)19)23(24)26;1-2-3-4-5-6-14-23-15-9-16-24-21(25)18-12-7-10-17-11-8-13-19(20(17)18)22(24)26/h11-16H,2-10,17H2,1H3;7-8,10-13,23H,2-6,9,14-16H2,1H3. The van der Waals surface area contributed by atoms with Gasteiger partial charge >= 0.3 is 0 Å². The van der Waals surface area contributed by atoms with Gasteiger partial charge in [0.05, 0.1) is 0 Å². The van der Waals surface area contributed by atoms with Crippen LogP contribution in [0.15, 0.2) is 72.8 Å². The van der Waals surface area contributed by atoms with Gasteiger partial charge in [-0.25, -0.2) is 0 Å². The van der Waals surface area contributed by atoms with Gasteiger partial charge in [0.25, 0.3) is 23.6 Å². The first kappa shape index (κ1) is 38.9. The van der Waals surface area contributed by atoms with Crippen LogP contribution in [0.25, 0.3) is 21.5 Å². The molecule has 0 bridgehead atoms. The Labute approximate surface area is 310 Å². The van der Waals surface area contributed by atoms with Crippen molar-refractivity contribution >= 4 is 45.2 Å². The van der Waals surface area contributed by atoms with Crippen LogP contribution in [-0.2, 0) is 0 Å². The molecule has 2 aliphatic rings. The number of benzene rings is 4. The number of nitrogens with one attached hydrogen (secondary N) is 1. The molecule has 52 heavy (non-hydrogen) atoms. The molecule has 4 aromatic carbocycles. The van der Waals surface area contributed by atoms with Crippen molar-refractivity contribution in [3.8, 4) is 0 Å². The van der Waals surface area contributed by atoms with Crippen LogP contribution in [0.1, 0.15) is 152 Å². The zero-order chi connectivity index (χ0) is 36.7. The Morgan fingerprint density at radius 1 is 0.404 bits per heavy atom. The van der Waals surface area contributed by atoms with Gasteiger partial charge in [0.1, 0.15) is 0 Å². The molecule has 0 atom stereocenters. The summed E-state index contributed by atoms with van der Waals surface area (Å²) in [5.74, 6) is -0.615. The highest BCUT2D eigenvalue weighted by Crippen LogP contribution is 2.31. The highest BCUT2D eigenvalue weighted by molar-refractivity contribution is 6.26. The lowest BCUT2D eigenvalue weighted by Crippen LogP contribution is -2.41. The Kier molecular flexibility index (Phi) is 15.0. The summed E-state index contributed by atoms with van der Waals surface area (Å²) >= 11 is 0. The van der Waals surface area contributed by atoms with E-state index in [1.54, 1.807) is 0 Å². The van der Waals surface area contributed by atoms with Gasteiger partial charge in [0, 0.05) is 46.1 Å². The average Bonchev–Trinajstić information content (AvgIpc) is 3.17. The van der Waals surface area contributed by atoms with Crippen LogP contribution in [0.4, 0.5) is 0 Å². The van der Waals surface area contributed by atoms with E-state index in [4.69, 9.17) is 0 Å². The van der Waals surface area contributed by atoms with Gasteiger partial charge in [-0.3, -0.25) is 29.0 Å². The summed E-state index contributed by atoms with van der Waals surface area (Å²) < 4.78 is 0. The number of hydrogen-bond donors (Lipinski definition) is 1. The van der Waals surface area contributed by atoms with Crippen molar-refractivity contribution in [2.24, 2.45) is 0 Å². The summed E-state index contributed by atoms with van der Waals surface area (Å²) in [5.41, 5.74) is 2.60. The third-order valence-electron chi connectivity index (χ3n) is 10.4. The molecule has 0 radical (unpaired) electrons. The summed E-state index contributed by atoms with van der Waals surface area (Å²) in [6.45, 7) is 7.29. The third-order valence-corrected chi connectivity index (χ3v) is 10.4. The Bertz CT molecular complexity index is 1600. The number of nitrogens with zero attached hydrogens (tertiary/aromatic N) is 2. The quantitative estimate of drug-likeness (QED) is 0.0731. The Morgan fingerprint density at radius 2 is 0.731 bits per heavy atom. The van der Waals surface area contributed by atoms with Gasteiger partial charge in [-0.15, -0.1) is 0 Å². The number of hydrogen-bond acceptors (Lipinski definition) is 5. The fourth-order valence-electron chi connectivity index (χ4n) is 7.49. The predicted octanol–water partition coefficient (Wildman–Crippen LogP) is 10.4. The van der Waals surface area contributed by atoms with Crippen molar-refractivity contribution in [3.05, 3.63) is 95.1 Å². The van der Waals surface area contributed by atoms with Gasteiger partial charge in [-0.1, -0.05) is 139 Å². The molecule has 6 rings (SSSR count). The lowest BCUT2D eigenvalue weighted by Gasteiger charge is -2.27. The van der Waals surface area contributed by atoms with Gasteiger partial charge in [-0.2, -0.15) is 0 Å². The molecule has 0 saturated heterocycles. The number of carbonyl (C=O) groups is 4. The van der Waals surface area contributed by atoms with Gasteiger partial charge in [-0.05, 0) is 67.4 Å². The fourth-order valence-corrected chi connectivity index (χ4v) is 7.49. The van der Waals surface area contributed by atoms with E-state index in [0.717, 1.165) is 53.9 Å². The number of imide groups is 2. The summed E-state index contributed by atoms with van der Waals surface area (Å²) in [4.78, 5) is 53.9. The van der Waals surface area contributed by atoms with Crippen molar-refractivity contribution in [1.82, 2.24) is 15.1 Å². The normalized spacial score (nSPS) is 13.7. The molecule has 7 heteroatoms. The second-order valence-corrected chi connectivity index (χ2v) is 14.3. The van der Waals surface area contributed by atoms with E-state index in [9.17, 15) is 19.2 Å². The second-order valence-electron chi connectivity index (χ2n) is 14.3. The first-order valence-corrected chi connectivity index (χ1v) is 19.9. The number of unbranched alkanes of at least 4 members (excludes halogenated alkanes) is 12. The van der Waals surface area contributed by atoms with Crippen LogP contribution in [0.2, 0.25) is 0 Å². The zero-order valence-corrected chi connectivity index (χ0v) is 31.4. The minimum Gasteiger partial charge on any atom is -0.317 e. The number of rotatable bonds is 20. The van der Waals surface area contributed by atoms with Gasteiger partial charge in [0.15, 0.2) is 0 Å². The molecular weight excluding hydrogens is 647 g/mol. The summed E-state index contributed by atoms with van der Waals surface area (Å²) in [7, 11) is 0. The molecule has 1 N–H and O–H groups in total. The SMILES string of the molecule is CCCCCCCCCCCN1C(=O)c2cccc3cccc(c23)C1=O.CCCCCCCNCCCN1C(=O)c2cccc3cccc(c23)C1=O. The van der Waals surface area contributed by atoms with Crippen LogP contribution in [-0.4, -0.2) is 59.6 Å². The van der Waals surface area contributed by atoms with E-state index in [2.05, 4.69) is 19.2 Å². The van der Waals surface area contributed by atoms with Gasteiger partial charge < -0.3 is 5.32 Å². The molecule has 0 unspecified atom stereocenters. The maximum atomic E-state index is 12.8. The average molecular weight is 704 g/mol. The van der Waals surface area contributed by atoms with Crippen molar-refractivity contribution in [3.63, 3.8) is 0 Å². The highest BCUT2D eigenvalue weighted by Gasteiger charge is 2.33. The van der Waals surface area contributed by atoms with Crippen molar-refractivity contribution in [2.45, 2.75) is 110 Å². The molecule has 0 fully saturated rings. The molecule has 0 saturated carbocycles. The van der Waals surface area contributed by atoms with Crippen LogP contribution in [0.3, 0.4) is 0 Å². The zero-order valence-electron chi connectivity index (χ0n) is 31.4. The monoisotopic (exact) mass is 703 g/mol. The van der Waals surface area contributed by atoms with Crippen LogP contribution in [0, 0.1) is 0 Å². The number of carbonyl (C=O) groups excluding carboxylic acids is 4. The lowest BCUT2D eigenvalue weighted by molar-refractivity contribution is 0.0593. The van der Waals surface area contributed by atoms with Crippen molar-refractivity contribution in [2.75, 3.05) is 26.2 Å². The van der Waals surface area contributed by atoms with E-state index < -0.39 is 0 Å². The molecule has 4 aromatic rings. The van der Waals surface area contributed by atoms with E-state index >= 15 is 0 Å². The predicted molar refractivity (Wildman–Crippen MR) is 212 cm³/mol. The first-order chi connectivity index (χ1) is 25.5. The Morgan fingerprint density at radius 3 is 1.13 bits per heavy atom. The first-order valence-electron chi connectivity index (χ1n) is 19.9. The molecule has 2 heterocycles. The Balaban J connectivity index is 0.000000201. The molecule has 0 aliphatic carbocycles. The highest BCUT2D eigenvalue weighted by atomic mass is 16.2. The van der Waals surface area contributed by atoms with E-state index in [-0.39, 0.29) is 23.6 Å². The van der Waals surface area contributed by atoms with Gasteiger partial charge in [0.2, 0.25) is 0 Å². The number of amides is 4. The molecule has 0 aromatic heterocycles. The van der Waals surface area contributed by atoms with Crippen molar-refractivity contribution in [1.29, 1.82) is 0 Å². The maximum Gasteiger partial charge on any atom is 0.261 e. The third kappa shape index (κ3) is 9.54. The van der Waals surface area contributed by atoms with Crippen LogP contribution in [0.5, 0.6) is 0 Å². The minimum absolute atomic E-state index is 0.140. The minimum atomic E-state index is -0.168. The molecule has 2 aliphatic heterocycles.